The van der Waals surface area contributed by atoms with Gasteiger partial charge in [-0.1, -0.05) is 25.1 Å². The minimum atomic E-state index is -0.489. The van der Waals surface area contributed by atoms with Gasteiger partial charge in [0, 0.05) is 5.54 Å². The average molecular weight is 249 g/mol. The Morgan fingerprint density at radius 2 is 2.00 bits per heavy atom. The van der Waals surface area contributed by atoms with Crippen LogP contribution in [0.2, 0.25) is 0 Å². The third-order valence-corrected chi connectivity index (χ3v) is 3.11. The van der Waals surface area contributed by atoms with Gasteiger partial charge >= 0.3 is 0 Å². The van der Waals surface area contributed by atoms with Crippen LogP contribution in [0.15, 0.2) is 24.3 Å². The molecule has 1 unspecified atom stereocenters. The summed E-state index contributed by atoms with van der Waals surface area (Å²) in [7, 11) is 0. The monoisotopic (exact) mass is 249 g/mol. The van der Waals surface area contributed by atoms with Gasteiger partial charge in [0.1, 0.15) is 5.75 Å². The van der Waals surface area contributed by atoms with Crippen molar-refractivity contribution >= 4 is 5.91 Å². The molecule has 0 radical (unpaired) electrons. The Morgan fingerprint density at radius 3 is 2.56 bits per heavy atom. The summed E-state index contributed by atoms with van der Waals surface area (Å²) in [5, 5.41) is 2.98. The van der Waals surface area contributed by atoms with Gasteiger partial charge in [0.05, 0.1) is 0 Å². The van der Waals surface area contributed by atoms with Crippen molar-refractivity contribution in [3.63, 3.8) is 0 Å². The topological polar surface area (TPSA) is 38.3 Å². The van der Waals surface area contributed by atoms with Crippen molar-refractivity contribution in [2.24, 2.45) is 0 Å². The zero-order valence-corrected chi connectivity index (χ0v) is 11.9. The molecule has 0 spiro atoms. The summed E-state index contributed by atoms with van der Waals surface area (Å²) in [6.07, 6.45) is 0.396. The molecule has 0 saturated heterocycles. The lowest BCUT2D eigenvalue weighted by Crippen LogP contribution is -2.48. The summed E-state index contributed by atoms with van der Waals surface area (Å²) in [4.78, 5) is 12.0. The molecule has 1 rings (SSSR count). The van der Waals surface area contributed by atoms with Gasteiger partial charge in [-0.05, 0) is 45.7 Å². The number of carbonyl (C=O) groups excluding carboxylic acids is 1. The predicted molar refractivity (Wildman–Crippen MR) is 73.8 cm³/mol. The maximum Gasteiger partial charge on any atom is 0.261 e. The summed E-state index contributed by atoms with van der Waals surface area (Å²) >= 11 is 0. The first-order chi connectivity index (χ1) is 8.35. The molecule has 0 aliphatic carbocycles. The average Bonchev–Trinajstić information content (AvgIpc) is 2.31. The largest absolute Gasteiger partial charge is 0.481 e. The summed E-state index contributed by atoms with van der Waals surface area (Å²) in [6, 6.07) is 7.70. The SMILES string of the molecule is CCC(C)(C)NC(=O)C(C)Oc1ccccc1C. The molecule has 1 atom stereocenters. The predicted octanol–water partition coefficient (Wildman–Crippen LogP) is 3.07. The van der Waals surface area contributed by atoms with Crippen LogP contribution in [0.1, 0.15) is 39.7 Å². The van der Waals surface area contributed by atoms with E-state index in [9.17, 15) is 4.79 Å². The van der Waals surface area contributed by atoms with Crippen molar-refractivity contribution < 1.29 is 9.53 Å². The second-order valence-corrected chi connectivity index (χ2v) is 5.25. The van der Waals surface area contributed by atoms with Crippen molar-refractivity contribution in [2.75, 3.05) is 0 Å². The van der Waals surface area contributed by atoms with E-state index in [1.807, 2.05) is 52.0 Å². The second kappa shape index (κ2) is 5.89. The molecule has 100 valence electrons. The van der Waals surface area contributed by atoms with E-state index in [1.54, 1.807) is 6.92 Å². The van der Waals surface area contributed by atoms with E-state index in [4.69, 9.17) is 4.74 Å². The smallest absolute Gasteiger partial charge is 0.261 e. The first-order valence-electron chi connectivity index (χ1n) is 6.40. The molecule has 1 amide bonds. The van der Waals surface area contributed by atoms with E-state index in [2.05, 4.69) is 5.32 Å². The van der Waals surface area contributed by atoms with E-state index in [0.717, 1.165) is 17.7 Å². The fraction of sp³-hybridized carbons (Fsp3) is 0.533. The minimum Gasteiger partial charge on any atom is -0.481 e. The van der Waals surface area contributed by atoms with Crippen molar-refractivity contribution in [2.45, 2.75) is 52.7 Å². The number of para-hydroxylation sites is 1. The molecule has 1 aromatic rings. The number of benzene rings is 1. The summed E-state index contributed by atoms with van der Waals surface area (Å²) in [5.41, 5.74) is 0.840. The number of nitrogens with one attached hydrogen (secondary N) is 1. The van der Waals surface area contributed by atoms with Gasteiger partial charge in [0.15, 0.2) is 6.10 Å². The Kier molecular flexibility index (Phi) is 4.76. The van der Waals surface area contributed by atoms with Crippen molar-refractivity contribution in [3.05, 3.63) is 29.8 Å². The molecule has 0 aliphatic rings. The van der Waals surface area contributed by atoms with E-state index < -0.39 is 6.10 Å². The van der Waals surface area contributed by atoms with E-state index in [-0.39, 0.29) is 11.4 Å². The molecule has 0 saturated carbocycles. The molecule has 0 fully saturated rings. The first kappa shape index (κ1) is 14.6. The van der Waals surface area contributed by atoms with E-state index >= 15 is 0 Å². The number of ether oxygens (including phenoxy) is 1. The molecule has 1 aromatic carbocycles. The number of amides is 1. The zero-order valence-electron chi connectivity index (χ0n) is 11.9. The van der Waals surface area contributed by atoms with E-state index in [1.165, 1.54) is 0 Å². The van der Waals surface area contributed by atoms with Crippen LogP contribution in [0.3, 0.4) is 0 Å². The van der Waals surface area contributed by atoms with E-state index in [0.29, 0.717) is 0 Å². The lowest BCUT2D eigenvalue weighted by atomic mass is 10.0. The van der Waals surface area contributed by atoms with Gasteiger partial charge in [0.25, 0.3) is 5.91 Å². The van der Waals surface area contributed by atoms with Crippen LogP contribution in [0.25, 0.3) is 0 Å². The minimum absolute atomic E-state index is 0.0786. The molecule has 0 aromatic heterocycles. The van der Waals surface area contributed by atoms with Gasteiger partial charge < -0.3 is 10.1 Å². The molecule has 3 nitrogen and oxygen atoms in total. The lowest BCUT2D eigenvalue weighted by Gasteiger charge is -2.26. The van der Waals surface area contributed by atoms with Crippen molar-refractivity contribution in [3.8, 4) is 5.75 Å². The van der Waals surface area contributed by atoms with Crippen LogP contribution in [0.4, 0.5) is 0 Å². The van der Waals surface area contributed by atoms with Crippen molar-refractivity contribution in [1.82, 2.24) is 5.32 Å². The molecule has 0 heterocycles. The highest BCUT2D eigenvalue weighted by Gasteiger charge is 2.23. The number of aryl methyl sites for hydroxylation is 1. The Hall–Kier alpha value is -1.51. The molecule has 0 aliphatic heterocycles. The Balaban J connectivity index is 2.63. The highest BCUT2D eigenvalue weighted by molar-refractivity contribution is 5.81. The highest BCUT2D eigenvalue weighted by atomic mass is 16.5. The summed E-state index contributed by atoms with van der Waals surface area (Å²) in [6.45, 7) is 9.80. The standard InChI is InChI=1S/C15H23NO2/c1-6-15(4,5)16-14(17)12(3)18-13-10-8-7-9-11(13)2/h7-10,12H,6H2,1-5H3,(H,16,17). The van der Waals surface area contributed by atoms with Crippen LogP contribution >= 0.6 is 0 Å². The summed E-state index contributed by atoms with van der Waals surface area (Å²) in [5.74, 6) is 0.680. The molecule has 0 bridgehead atoms. The molecule has 18 heavy (non-hydrogen) atoms. The molecular weight excluding hydrogens is 226 g/mol. The van der Waals surface area contributed by atoms with Gasteiger partial charge in [-0.15, -0.1) is 0 Å². The fourth-order valence-corrected chi connectivity index (χ4v) is 1.46. The van der Waals surface area contributed by atoms with Crippen molar-refractivity contribution in [1.29, 1.82) is 0 Å². The van der Waals surface area contributed by atoms with Crippen LogP contribution in [0.5, 0.6) is 5.75 Å². The van der Waals surface area contributed by atoms with Crippen LogP contribution in [0, 0.1) is 6.92 Å². The quantitative estimate of drug-likeness (QED) is 0.871. The highest BCUT2D eigenvalue weighted by Crippen LogP contribution is 2.18. The second-order valence-electron chi connectivity index (χ2n) is 5.25. The van der Waals surface area contributed by atoms with Gasteiger partial charge in [-0.3, -0.25) is 4.79 Å². The third kappa shape index (κ3) is 4.06. The number of carbonyl (C=O) groups is 1. The number of hydrogen-bond acceptors (Lipinski definition) is 2. The Labute approximate surface area is 110 Å². The first-order valence-corrected chi connectivity index (χ1v) is 6.40. The Morgan fingerprint density at radius 1 is 1.39 bits per heavy atom. The van der Waals surface area contributed by atoms with Gasteiger partial charge in [-0.2, -0.15) is 0 Å². The number of rotatable bonds is 5. The van der Waals surface area contributed by atoms with Crippen LogP contribution < -0.4 is 10.1 Å². The maximum atomic E-state index is 12.0. The lowest BCUT2D eigenvalue weighted by molar-refractivity contribution is -0.129. The van der Waals surface area contributed by atoms with Crippen LogP contribution in [-0.2, 0) is 4.79 Å². The molecule has 1 N–H and O–H groups in total. The maximum absolute atomic E-state index is 12.0. The normalized spacial score (nSPS) is 12.9. The summed E-state index contributed by atoms with van der Waals surface area (Å²) < 4.78 is 5.69. The van der Waals surface area contributed by atoms with Gasteiger partial charge in [0.2, 0.25) is 0 Å². The third-order valence-electron chi connectivity index (χ3n) is 3.11. The van der Waals surface area contributed by atoms with Crippen LogP contribution in [-0.4, -0.2) is 17.6 Å². The van der Waals surface area contributed by atoms with Gasteiger partial charge in [-0.25, -0.2) is 0 Å². The number of hydrogen-bond donors (Lipinski definition) is 1. The fourth-order valence-electron chi connectivity index (χ4n) is 1.46. The Bertz CT molecular complexity index is 413. The molecule has 3 heteroatoms. The molecular formula is C15H23NO2. The zero-order chi connectivity index (χ0) is 13.8.